The monoisotopic (exact) mass is 949 g/mol. The minimum absolute atomic E-state index is 0.0211. The molecule has 14 nitrogen and oxygen atoms in total. The molecule has 67 heavy (non-hydrogen) atoms. The van der Waals surface area contributed by atoms with E-state index in [-0.39, 0.29) is 19.6 Å². The van der Waals surface area contributed by atoms with E-state index in [4.69, 9.17) is 28.4 Å². The minimum atomic E-state index is -1.72. The molecule has 2 aliphatic heterocycles. The molecule has 11 atom stereocenters. The van der Waals surface area contributed by atoms with Crippen molar-refractivity contribution >= 4 is 5.97 Å². The van der Waals surface area contributed by atoms with Crippen molar-refractivity contribution < 1.29 is 69.0 Å². The molecule has 2 aliphatic rings. The van der Waals surface area contributed by atoms with Crippen LogP contribution in [0.4, 0.5) is 0 Å². The molecule has 0 saturated carbocycles. The number of carbonyl (C=O) groups is 1. The molecule has 0 aromatic rings. The quantitative estimate of drug-likeness (QED) is 0.0184. The lowest BCUT2D eigenvalue weighted by Crippen LogP contribution is -2.61. The number of unbranched alkanes of at least 4 members (excludes halogenated alkanes) is 10. The summed E-state index contributed by atoms with van der Waals surface area (Å²) >= 11 is 0. The Morgan fingerprint density at radius 1 is 0.507 bits per heavy atom. The number of aliphatic hydroxyl groups excluding tert-OH is 7. The zero-order valence-corrected chi connectivity index (χ0v) is 40.6. The maximum atomic E-state index is 13.0. The van der Waals surface area contributed by atoms with Gasteiger partial charge in [0.2, 0.25) is 0 Å². The van der Waals surface area contributed by atoms with Crippen molar-refractivity contribution in [2.45, 2.75) is 210 Å². The third kappa shape index (κ3) is 27.8. The van der Waals surface area contributed by atoms with Crippen molar-refractivity contribution in [3.8, 4) is 0 Å². The number of rotatable bonds is 38. The SMILES string of the molecule is CC/C=C\C/C=C\C/C=C\C/C=C\C/C=C\CCCCOCC(COC1OC(COC2OC(CO)C(O)C(O)C2O)C(O)C(O)C1O)OC(=O)CCCCCCC/C=C\C/C=C\CCCCC. The first kappa shape index (κ1) is 60.3. The van der Waals surface area contributed by atoms with Crippen molar-refractivity contribution in [3.05, 3.63) is 85.1 Å². The predicted octanol–water partition coefficient (Wildman–Crippen LogP) is 7.29. The van der Waals surface area contributed by atoms with E-state index in [1.807, 2.05) is 0 Å². The van der Waals surface area contributed by atoms with Gasteiger partial charge in [-0.15, -0.1) is 0 Å². The lowest BCUT2D eigenvalue weighted by Gasteiger charge is -2.42. The highest BCUT2D eigenvalue weighted by atomic mass is 16.7. The molecule has 11 unspecified atom stereocenters. The Labute approximate surface area is 401 Å². The summed E-state index contributed by atoms with van der Waals surface area (Å²) in [6.45, 7) is 3.38. The van der Waals surface area contributed by atoms with Gasteiger partial charge < -0.3 is 64.2 Å². The van der Waals surface area contributed by atoms with Crippen molar-refractivity contribution in [2.75, 3.05) is 33.0 Å². The third-order valence-corrected chi connectivity index (χ3v) is 11.4. The van der Waals surface area contributed by atoms with Crippen molar-refractivity contribution in [1.82, 2.24) is 0 Å². The summed E-state index contributed by atoms with van der Waals surface area (Å²) in [5.74, 6) is -0.410. The lowest BCUT2D eigenvalue weighted by molar-refractivity contribution is -0.332. The zero-order chi connectivity index (χ0) is 48.7. The Balaban J connectivity index is 1.81. The van der Waals surface area contributed by atoms with Gasteiger partial charge in [-0.3, -0.25) is 4.79 Å². The fraction of sp³-hybridized carbons (Fsp3) is 0.717. The van der Waals surface area contributed by atoms with Crippen molar-refractivity contribution in [3.63, 3.8) is 0 Å². The van der Waals surface area contributed by atoms with E-state index in [9.17, 15) is 40.5 Å². The van der Waals surface area contributed by atoms with Gasteiger partial charge in [0, 0.05) is 13.0 Å². The minimum Gasteiger partial charge on any atom is -0.457 e. The maximum Gasteiger partial charge on any atom is 0.306 e. The molecule has 2 rings (SSSR count). The number of hydrogen-bond donors (Lipinski definition) is 7. The highest BCUT2D eigenvalue weighted by molar-refractivity contribution is 5.69. The van der Waals surface area contributed by atoms with Crippen LogP contribution in [0.3, 0.4) is 0 Å². The van der Waals surface area contributed by atoms with Crippen LogP contribution < -0.4 is 0 Å². The van der Waals surface area contributed by atoms with Crippen LogP contribution in [0, 0.1) is 0 Å². The van der Waals surface area contributed by atoms with E-state index in [0.717, 1.165) is 96.3 Å². The molecule has 7 N–H and O–H groups in total. The van der Waals surface area contributed by atoms with Crippen LogP contribution in [-0.2, 0) is 33.2 Å². The molecular formula is C53H88O14. The second-order valence-electron chi connectivity index (χ2n) is 17.3. The van der Waals surface area contributed by atoms with Crippen LogP contribution in [0.2, 0.25) is 0 Å². The summed E-state index contributed by atoms with van der Waals surface area (Å²) < 4.78 is 34.2. The normalized spacial score (nSPS) is 26.8. The summed E-state index contributed by atoms with van der Waals surface area (Å²) in [4.78, 5) is 13.0. The van der Waals surface area contributed by atoms with Crippen LogP contribution in [-0.4, -0.2) is 142 Å². The van der Waals surface area contributed by atoms with Gasteiger partial charge in [-0.2, -0.15) is 0 Å². The van der Waals surface area contributed by atoms with Gasteiger partial charge in [-0.1, -0.05) is 131 Å². The summed E-state index contributed by atoms with van der Waals surface area (Å²) in [5.41, 5.74) is 0. The molecule has 2 heterocycles. The van der Waals surface area contributed by atoms with Gasteiger partial charge in [-0.05, 0) is 89.9 Å². The van der Waals surface area contributed by atoms with E-state index in [1.54, 1.807) is 0 Å². The van der Waals surface area contributed by atoms with Gasteiger partial charge in [-0.25, -0.2) is 0 Å². The first-order valence-corrected chi connectivity index (χ1v) is 25.2. The fourth-order valence-corrected chi connectivity index (χ4v) is 7.28. The molecule has 0 amide bonds. The van der Waals surface area contributed by atoms with Crippen LogP contribution in [0.1, 0.15) is 142 Å². The molecule has 0 radical (unpaired) electrons. The Morgan fingerprint density at radius 2 is 0.970 bits per heavy atom. The molecule has 0 bridgehead atoms. The molecule has 0 aromatic heterocycles. The topological polar surface area (TPSA) is 214 Å². The average molecular weight is 949 g/mol. The summed E-state index contributed by atoms with van der Waals surface area (Å²) in [7, 11) is 0. The number of hydrogen-bond acceptors (Lipinski definition) is 14. The van der Waals surface area contributed by atoms with Crippen LogP contribution >= 0.6 is 0 Å². The van der Waals surface area contributed by atoms with Crippen LogP contribution in [0.15, 0.2) is 85.1 Å². The second-order valence-corrected chi connectivity index (χ2v) is 17.3. The van der Waals surface area contributed by atoms with Gasteiger partial charge in [0.1, 0.15) is 54.9 Å². The Morgan fingerprint density at radius 3 is 1.52 bits per heavy atom. The van der Waals surface area contributed by atoms with E-state index >= 15 is 0 Å². The average Bonchev–Trinajstić information content (AvgIpc) is 3.32. The van der Waals surface area contributed by atoms with Crippen molar-refractivity contribution in [2.24, 2.45) is 0 Å². The van der Waals surface area contributed by atoms with E-state index < -0.39 is 86.7 Å². The number of carbonyl (C=O) groups excluding carboxylic acids is 1. The van der Waals surface area contributed by atoms with Gasteiger partial charge in [0.05, 0.1) is 26.4 Å². The van der Waals surface area contributed by atoms with Crippen LogP contribution in [0.5, 0.6) is 0 Å². The largest absolute Gasteiger partial charge is 0.457 e. The fourth-order valence-electron chi connectivity index (χ4n) is 7.28. The lowest BCUT2D eigenvalue weighted by atomic mass is 9.98. The molecule has 0 aromatic carbocycles. The van der Waals surface area contributed by atoms with Crippen LogP contribution in [0.25, 0.3) is 0 Å². The highest BCUT2D eigenvalue weighted by Gasteiger charge is 2.47. The maximum absolute atomic E-state index is 13.0. The van der Waals surface area contributed by atoms with Crippen molar-refractivity contribution in [1.29, 1.82) is 0 Å². The third-order valence-electron chi connectivity index (χ3n) is 11.4. The number of aliphatic hydroxyl groups is 7. The Bertz CT molecular complexity index is 1430. The zero-order valence-electron chi connectivity index (χ0n) is 40.6. The summed E-state index contributed by atoms with van der Waals surface area (Å²) in [5, 5.41) is 72.1. The first-order valence-electron chi connectivity index (χ1n) is 25.2. The summed E-state index contributed by atoms with van der Waals surface area (Å²) in [6.07, 6.45) is 33.6. The molecule has 2 fully saturated rings. The molecule has 14 heteroatoms. The smallest absolute Gasteiger partial charge is 0.306 e. The standard InChI is InChI=1S/C53H88O14/c1-3-5-7-9-11-13-15-17-19-20-21-23-25-27-29-31-33-35-37-62-39-42(65-45(55)36-34-32-30-28-26-24-22-18-16-14-12-10-8-6-4-2)40-63-52-51(61)49(59)47(57)44(67-52)41-64-53-50(60)48(58)46(56)43(38-54)66-53/h5,7,11-14,17-19,21-23,27,29,42-44,46-54,56-61H,3-4,6,8-10,15-16,20,24-26,28,30-41H2,1-2H3/b7-5-,13-11-,14-12-,19-17-,22-18-,23-21-,29-27-. The van der Waals surface area contributed by atoms with E-state index in [0.29, 0.717) is 13.0 Å². The second kappa shape index (κ2) is 40.0. The van der Waals surface area contributed by atoms with E-state index in [1.165, 1.54) is 19.3 Å². The predicted molar refractivity (Wildman–Crippen MR) is 261 cm³/mol. The Hall–Kier alpha value is -2.83. The van der Waals surface area contributed by atoms with E-state index in [2.05, 4.69) is 98.9 Å². The number of allylic oxidation sites excluding steroid dienone is 14. The highest BCUT2D eigenvalue weighted by Crippen LogP contribution is 2.26. The van der Waals surface area contributed by atoms with Gasteiger partial charge in [0.15, 0.2) is 12.6 Å². The number of esters is 1. The molecule has 0 spiro atoms. The first-order chi connectivity index (χ1) is 32.6. The number of ether oxygens (including phenoxy) is 6. The molecule has 384 valence electrons. The molecule has 0 aliphatic carbocycles. The van der Waals surface area contributed by atoms with Gasteiger partial charge in [0.25, 0.3) is 0 Å². The Kier molecular flexibility index (Phi) is 36.0. The summed E-state index contributed by atoms with van der Waals surface area (Å²) in [6, 6.07) is 0. The molecule has 2 saturated heterocycles. The van der Waals surface area contributed by atoms with Gasteiger partial charge >= 0.3 is 5.97 Å². The molecular weight excluding hydrogens is 861 g/mol.